The van der Waals surface area contributed by atoms with Gasteiger partial charge in [-0.05, 0) is 36.8 Å². The van der Waals surface area contributed by atoms with E-state index in [2.05, 4.69) is 25.3 Å². The fraction of sp³-hybridized carbons (Fsp3) is 0.143. The Labute approximate surface area is 172 Å². The van der Waals surface area contributed by atoms with Crippen LogP contribution in [0.5, 0.6) is 0 Å². The first kappa shape index (κ1) is 17.6. The van der Waals surface area contributed by atoms with E-state index < -0.39 is 0 Å². The van der Waals surface area contributed by atoms with Crippen LogP contribution in [0.3, 0.4) is 0 Å². The Balaban J connectivity index is 1.46. The fourth-order valence-electron chi connectivity index (χ4n) is 3.24. The van der Waals surface area contributed by atoms with Gasteiger partial charge in [-0.15, -0.1) is 0 Å². The van der Waals surface area contributed by atoms with Gasteiger partial charge in [0, 0.05) is 18.7 Å². The van der Waals surface area contributed by atoms with E-state index in [1.54, 1.807) is 12.1 Å². The Kier molecular flexibility index (Phi) is 4.37. The van der Waals surface area contributed by atoms with E-state index in [9.17, 15) is 4.79 Å². The van der Waals surface area contributed by atoms with Gasteiger partial charge in [-0.2, -0.15) is 5.10 Å². The van der Waals surface area contributed by atoms with Crippen LogP contribution in [-0.2, 0) is 0 Å². The van der Waals surface area contributed by atoms with Crippen LogP contribution in [0.2, 0.25) is 5.02 Å². The maximum atomic E-state index is 12.9. The van der Waals surface area contributed by atoms with Crippen molar-refractivity contribution in [2.75, 3.05) is 23.3 Å². The molecule has 4 heterocycles. The van der Waals surface area contributed by atoms with Gasteiger partial charge >= 0.3 is 0 Å². The van der Waals surface area contributed by atoms with Crippen molar-refractivity contribution in [1.29, 1.82) is 0 Å². The van der Waals surface area contributed by atoms with Crippen LogP contribution < -0.4 is 10.2 Å². The lowest BCUT2D eigenvalue weighted by Crippen LogP contribution is -2.37. The zero-order chi connectivity index (χ0) is 19.8. The molecule has 0 unspecified atom stereocenters. The lowest BCUT2D eigenvalue weighted by Gasteiger charge is -2.32. The summed E-state index contributed by atoms with van der Waals surface area (Å²) in [5, 5.41) is 8.02. The molecule has 1 aliphatic heterocycles. The van der Waals surface area contributed by atoms with Gasteiger partial charge < -0.3 is 10.2 Å². The van der Waals surface area contributed by atoms with E-state index in [0.29, 0.717) is 27.9 Å². The number of nitrogens with zero attached hydrogens (tertiary/aromatic N) is 5. The quantitative estimate of drug-likeness (QED) is 0.558. The van der Waals surface area contributed by atoms with Crippen LogP contribution in [0, 0.1) is 0 Å². The van der Waals surface area contributed by atoms with Crippen molar-refractivity contribution in [3.8, 4) is 11.3 Å². The number of imidazole rings is 1. The Morgan fingerprint density at radius 1 is 1.03 bits per heavy atom. The van der Waals surface area contributed by atoms with E-state index in [0.717, 1.165) is 24.5 Å². The van der Waals surface area contributed by atoms with Crippen LogP contribution in [0.1, 0.15) is 16.9 Å². The van der Waals surface area contributed by atoms with Crippen LogP contribution in [-0.4, -0.2) is 38.6 Å². The topological polar surface area (TPSA) is 75.4 Å². The summed E-state index contributed by atoms with van der Waals surface area (Å²) in [6.45, 7) is 1.98. The molecule has 0 atom stereocenters. The van der Waals surface area contributed by atoms with E-state index in [1.807, 2.05) is 42.5 Å². The molecule has 1 aliphatic rings. The van der Waals surface area contributed by atoms with Crippen LogP contribution in [0.4, 0.5) is 11.6 Å². The molecular weight excluding hydrogens is 388 g/mol. The number of nitrogens with one attached hydrogen (secondary N) is 1. The molecule has 29 heavy (non-hydrogen) atoms. The molecule has 144 valence electrons. The lowest BCUT2D eigenvalue weighted by atomic mass is 10.1. The monoisotopic (exact) mass is 404 g/mol. The van der Waals surface area contributed by atoms with Crippen LogP contribution >= 0.6 is 11.6 Å². The molecule has 5 rings (SSSR count). The van der Waals surface area contributed by atoms with Crippen LogP contribution in [0.15, 0.2) is 60.8 Å². The van der Waals surface area contributed by atoms with Crippen molar-refractivity contribution < 1.29 is 4.79 Å². The van der Waals surface area contributed by atoms with Crippen molar-refractivity contribution in [2.24, 2.45) is 0 Å². The summed E-state index contributed by atoms with van der Waals surface area (Å²) >= 11 is 6.29. The number of hydrogen-bond acceptors (Lipinski definition) is 5. The molecule has 7 nitrogen and oxygen atoms in total. The number of halogens is 1. The number of aromatic nitrogens is 4. The number of carbonyl (C=O) groups excluding carboxylic acids is 1. The van der Waals surface area contributed by atoms with Gasteiger partial charge in [-0.25, -0.2) is 14.5 Å². The minimum absolute atomic E-state index is 0.324. The molecule has 0 bridgehead atoms. The molecule has 4 aromatic rings. The number of rotatable bonds is 4. The van der Waals surface area contributed by atoms with Crippen molar-refractivity contribution >= 4 is 34.8 Å². The molecule has 1 saturated heterocycles. The van der Waals surface area contributed by atoms with Crippen molar-refractivity contribution in [3.63, 3.8) is 0 Å². The molecule has 1 fully saturated rings. The summed E-state index contributed by atoms with van der Waals surface area (Å²) < 4.78 is 1.52. The average molecular weight is 405 g/mol. The second-order valence-corrected chi connectivity index (χ2v) is 7.19. The average Bonchev–Trinajstić information content (AvgIpc) is 3.11. The number of amides is 1. The molecule has 8 heteroatoms. The minimum Gasteiger partial charge on any atom is -0.356 e. The van der Waals surface area contributed by atoms with Crippen molar-refractivity contribution in [1.82, 2.24) is 19.6 Å². The fourth-order valence-corrected chi connectivity index (χ4v) is 3.47. The molecule has 1 amide bonds. The Morgan fingerprint density at radius 3 is 2.69 bits per heavy atom. The third-order valence-electron chi connectivity index (χ3n) is 4.90. The second-order valence-electron chi connectivity index (χ2n) is 6.79. The van der Waals surface area contributed by atoms with Gasteiger partial charge in [0.2, 0.25) is 0 Å². The SMILES string of the molecule is O=C(Nc1cccc(N2CCC2)n1)c1cnc2ccc(-c3ccccc3Cl)nn12. The third-order valence-corrected chi connectivity index (χ3v) is 5.23. The summed E-state index contributed by atoms with van der Waals surface area (Å²) in [5.74, 6) is 1.04. The molecule has 1 N–H and O–H groups in total. The van der Waals surface area contributed by atoms with Crippen LogP contribution in [0.25, 0.3) is 16.9 Å². The first-order valence-electron chi connectivity index (χ1n) is 9.32. The molecule has 0 aliphatic carbocycles. The zero-order valence-electron chi connectivity index (χ0n) is 15.4. The predicted octanol–water partition coefficient (Wildman–Crippen LogP) is 3.91. The summed E-state index contributed by atoms with van der Waals surface area (Å²) in [6, 6.07) is 16.7. The molecule has 0 radical (unpaired) electrons. The van der Waals surface area contributed by atoms with Gasteiger partial charge in [-0.1, -0.05) is 35.9 Å². The number of hydrogen-bond donors (Lipinski definition) is 1. The summed E-state index contributed by atoms with van der Waals surface area (Å²) in [4.78, 5) is 23.9. The Morgan fingerprint density at radius 2 is 1.90 bits per heavy atom. The molecular formula is C21H17ClN6O. The van der Waals surface area contributed by atoms with Gasteiger partial charge in [0.15, 0.2) is 11.3 Å². The first-order chi connectivity index (χ1) is 14.2. The van der Waals surface area contributed by atoms with Gasteiger partial charge in [0.05, 0.1) is 16.9 Å². The number of pyridine rings is 1. The smallest absolute Gasteiger partial charge is 0.277 e. The number of fused-ring (bicyclic) bond motifs is 1. The Bertz CT molecular complexity index is 1220. The molecule has 1 aromatic carbocycles. The van der Waals surface area contributed by atoms with Crippen molar-refractivity contribution in [3.05, 3.63) is 71.5 Å². The number of anilines is 2. The van der Waals surface area contributed by atoms with Gasteiger partial charge in [0.25, 0.3) is 5.91 Å². The van der Waals surface area contributed by atoms with Gasteiger partial charge in [-0.3, -0.25) is 4.79 Å². The largest absolute Gasteiger partial charge is 0.356 e. The highest BCUT2D eigenvalue weighted by molar-refractivity contribution is 6.33. The number of benzene rings is 1. The summed E-state index contributed by atoms with van der Waals surface area (Å²) in [7, 11) is 0. The highest BCUT2D eigenvalue weighted by Crippen LogP contribution is 2.26. The van der Waals surface area contributed by atoms with E-state index >= 15 is 0 Å². The minimum atomic E-state index is -0.324. The summed E-state index contributed by atoms with van der Waals surface area (Å²) in [5.41, 5.74) is 2.35. The van der Waals surface area contributed by atoms with E-state index in [-0.39, 0.29) is 5.91 Å². The van der Waals surface area contributed by atoms with Gasteiger partial charge in [0.1, 0.15) is 11.6 Å². The highest BCUT2D eigenvalue weighted by atomic mass is 35.5. The second kappa shape index (κ2) is 7.18. The molecule has 3 aromatic heterocycles. The summed E-state index contributed by atoms with van der Waals surface area (Å²) in [6.07, 6.45) is 2.67. The highest BCUT2D eigenvalue weighted by Gasteiger charge is 2.18. The third kappa shape index (κ3) is 3.30. The maximum Gasteiger partial charge on any atom is 0.277 e. The molecule has 0 spiro atoms. The maximum absolute atomic E-state index is 12.9. The molecule has 0 saturated carbocycles. The first-order valence-corrected chi connectivity index (χ1v) is 9.70. The normalized spacial score (nSPS) is 13.3. The zero-order valence-corrected chi connectivity index (χ0v) is 16.2. The predicted molar refractivity (Wildman–Crippen MR) is 112 cm³/mol. The van der Waals surface area contributed by atoms with E-state index in [1.165, 1.54) is 17.1 Å². The Hall–Kier alpha value is -3.45. The van der Waals surface area contributed by atoms with E-state index in [4.69, 9.17) is 11.6 Å². The lowest BCUT2D eigenvalue weighted by molar-refractivity contribution is 0.102. The number of carbonyl (C=O) groups is 1. The standard InChI is InChI=1S/C21H17ClN6O/c22-15-6-2-1-5-14(15)16-9-10-19-23-13-17(28(19)26-16)21(29)25-18-7-3-8-20(24-18)27-11-4-12-27/h1-3,5-10,13H,4,11-12H2,(H,24,25,29). The van der Waals surface area contributed by atoms with Crippen molar-refractivity contribution in [2.45, 2.75) is 6.42 Å².